The number of carbonyl (C=O) groups is 2. The summed E-state index contributed by atoms with van der Waals surface area (Å²) in [6.07, 6.45) is 3.88. The second kappa shape index (κ2) is 13.6. The summed E-state index contributed by atoms with van der Waals surface area (Å²) in [5, 5.41) is 12.4. The van der Waals surface area contributed by atoms with E-state index in [-0.39, 0.29) is 44.8 Å². The smallest absolute Gasteiger partial charge is 0.337 e. The third-order valence-corrected chi connectivity index (χ3v) is 9.21. The van der Waals surface area contributed by atoms with Gasteiger partial charge in [-0.05, 0) is 86.3 Å². The van der Waals surface area contributed by atoms with Gasteiger partial charge in [-0.2, -0.15) is 0 Å². The summed E-state index contributed by atoms with van der Waals surface area (Å²) in [5.41, 5.74) is 0.404. The van der Waals surface area contributed by atoms with E-state index in [1.807, 2.05) is 0 Å². The Hall–Kier alpha value is -4.16. The van der Waals surface area contributed by atoms with Crippen LogP contribution in [0.3, 0.4) is 0 Å². The van der Waals surface area contributed by atoms with E-state index in [1.54, 1.807) is 36.4 Å². The number of benzene rings is 3. The maximum atomic E-state index is 12.7. The molecule has 0 aliphatic heterocycles. The Labute approximate surface area is 264 Å². The Morgan fingerprint density at radius 2 is 1.57 bits per heavy atom. The molecule has 228 valence electrons. The van der Waals surface area contributed by atoms with E-state index in [0.717, 1.165) is 0 Å². The van der Waals surface area contributed by atoms with Crippen molar-refractivity contribution < 1.29 is 32.6 Å². The fraction of sp³-hybridized carbons (Fsp3) is 0.194. The number of carbonyl (C=O) groups excluding carboxylic acids is 1. The van der Waals surface area contributed by atoms with Gasteiger partial charge in [0.1, 0.15) is 11.5 Å². The van der Waals surface area contributed by atoms with Crippen LogP contribution in [0.2, 0.25) is 10.0 Å². The second-order valence-electron chi connectivity index (χ2n) is 10.1. The van der Waals surface area contributed by atoms with Crippen molar-refractivity contribution in [3.05, 3.63) is 106 Å². The minimum atomic E-state index is -3.72. The van der Waals surface area contributed by atoms with Crippen LogP contribution >= 0.6 is 23.2 Å². The molecule has 1 aliphatic carbocycles. The van der Waals surface area contributed by atoms with Gasteiger partial charge in [0, 0.05) is 18.3 Å². The fourth-order valence-corrected chi connectivity index (χ4v) is 6.37. The molecule has 10 nitrogen and oxygen atoms in total. The zero-order valence-corrected chi connectivity index (χ0v) is 25.4. The van der Waals surface area contributed by atoms with Crippen LogP contribution in [0.25, 0.3) is 0 Å². The van der Waals surface area contributed by atoms with Crippen molar-refractivity contribution >= 4 is 50.8 Å². The minimum Gasteiger partial charge on any atom is -0.490 e. The summed E-state index contributed by atoms with van der Waals surface area (Å²) in [6.45, 7) is 0. The van der Waals surface area contributed by atoms with Crippen molar-refractivity contribution in [2.75, 3.05) is 5.32 Å². The molecule has 0 bridgehead atoms. The molecule has 44 heavy (non-hydrogen) atoms. The SMILES string of the molecule is O=C(Nc1ccccc1C(=O)O)c1ccc(Oc2ccc(OC3CCC(NS(=O)(=O)c4ccc(Cl)c(Cl)c4)CC3)cc2)nc1. The van der Waals surface area contributed by atoms with Gasteiger partial charge in [0.15, 0.2) is 0 Å². The molecule has 3 N–H and O–H groups in total. The standard InChI is InChI=1S/C31H27Cl2N3O7S/c32-26-15-14-24(17-27(26)33)44(40,41)36-20-6-8-21(9-7-20)42-22-10-12-23(13-11-22)43-29-16-5-19(18-34-29)30(37)35-28-4-2-1-3-25(28)31(38)39/h1-5,10-18,20-21,36H,6-9H2,(H,35,37)(H,38,39). The monoisotopic (exact) mass is 655 g/mol. The van der Waals surface area contributed by atoms with Gasteiger partial charge in [-0.15, -0.1) is 0 Å². The number of nitrogens with zero attached hydrogens (tertiary/aromatic N) is 1. The number of para-hydroxylation sites is 1. The van der Waals surface area contributed by atoms with E-state index in [9.17, 15) is 23.1 Å². The molecular formula is C31H27Cl2N3O7S. The summed E-state index contributed by atoms with van der Waals surface area (Å²) in [6, 6.07) is 20.2. The zero-order valence-electron chi connectivity index (χ0n) is 23.1. The number of halogens is 2. The second-order valence-corrected chi connectivity index (χ2v) is 12.6. The average Bonchev–Trinajstić information content (AvgIpc) is 3.01. The molecule has 1 heterocycles. The Bertz CT molecular complexity index is 1760. The first-order valence-corrected chi connectivity index (χ1v) is 15.8. The van der Waals surface area contributed by atoms with Crippen LogP contribution in [-0.4, -0.2) is 42.5 Å². The molecule has 1 fully saturated rings. The number of carboxylic acid groups (broad SMARTS) is 1. The number of sulfonamides is 1. The summed E-state index contributed by atoms with van der Waals surface area (Å²) >= 11 is 11.9. The molecular weight excluding hydrogens is 629 g/mol. The van der Waals surface area contributed by atoms with Crippen molar-refractivity contribution in [3.63, 3.8) is 0 Å². The maximum absolute atomic E-state index is 12.7. The largest absolute Gasteiger partial charge is 0.490 e. The van der Waals surface area contributed by atoms with Crippen molar-refractivity contribution in [2.45, 2.75) is 42.7 Å². The number of carboxylic acids is 1. The topological polar surface area (TPSA) is 144 Å². The summed E-state index contributed by atoms with van der Waals surface area (Å²) < 4.78 is 40.1. The average molecular weight is 657 g/mol. The molecule has 5 rings (SSSR count). The van der Waals surface area contributed by atoms with Gasteiger partial charge < -0.3 is 19.9 Å². The highest BCUT2D eigenvalue weighted by molar-refractivity contribution is 7.89. The predicted octanol–water partition coefficient (Wildman–Crippen LogP) is 6.80. The normalized spacial score (nSPS) is 16.6. The molecule has 3 aromatic carbocycles. The molecule has 4 aromatic rings. The van der Waals surface area contributed by atoms with Crippen molar-refractivity contribution in [1.29, 1.82) is 0 Å². The number of pyridine rings is 1. The van der Waals surface area contributed by atoms with Crippen molar-refractivity contribution in [1.82, 2.24) is 9.71 Å². The van der Waals surface area contributed by atoms with Crippen molar-refractivity contribution in [3.8, 4) is 17.4 Å². The van der Waals surface area contributed by atoms with E-state index in [0.29, 0.717) is 42.2 Å². The van der Waals surface area contributed by atoms with Crippen LogP contribution in [0.5, 0.6) is 17.4 Å². The first-order valence-electron chi connectivity index (χ1n) is 13.6. The minimum absolute atomic E-state index is 0.0161. The molecule has 1 aromatic heterocycles. The zero-order chi connectivity index (χ0) is 31.3. The lowest BCUT2D eigenvalue weighted by Gasteiger charge is -2.29. The van der Waals surface area contributed by atoms with E-state index in [2.05, 4.69) is 15.0 Å². The quantitative estimate of drug-likeness (QED) is 0.169. The predicted molar refractivity (Wildman–Crippen MR) is 166 cm³/mol. The molecule has 0 unspecified atom stereocenters. The lowest BCUT2D eigenvalue weighted by atomic mass is 9.94. The number of hydrogen-bond acceptors (Lipinski definition) is 7. The Kier molecular flexibility index (Phi) is 9.70. The third-order valence-electron chi connectivity index (χ3n) is 6.95. The third kappa shape index (κ3) is 7.86. The number of hydrogen-bond donors (Lipinski definition) is 3. The number of nitrogens with one attached hydrogen (secondary N) is 2. The first kappa shape index (κ1) is 31.3. The van der Waals surface area contributed by atoms with Crippen LogP contribution in [-0.2, 0) is 10.0 Å². The van der Waals surface area contributed by atoms with Crippen LogP contribution in [0, 0.1) is 0 Å². The highest BCUT2D eigenvalue weighted by atomic mass is 35.5. The summed E-state index contributed by atoms with van der Waals surface area (Å²) in [5.74, 6) is -0.217. The number of amides is 1. The van der Waals surface area contributed by atoms with Crippen LogP contribution < -0.4 is 19.5 Å². The van der Waals surface area contributed by atoms with Crippen molar-refractivity contribution in [2.24, 2.45) is 0 Å². The van der Waals surface area contributed by atoms with Crippen LogP contribution in [0.1, 0.15) is 46.4 Å². The lowest BCUT2D eigenvalue weighted by Crippen LogP contribution is -2.39. The lowest BCUT2D eigenvalue weighted by molar-refractivity contribution is 0.0698. The van der Waals surface area contributed by atoms with E-state index in [1.165, 1.54) is 48.7 Å². The van der Waals surface area contributed by atoms with Gasteiger partial charge >= 0.3 is 5.97 Å². The number of rotatable bonds is 10. The molecule has 13 heteroatoms. The van der Waals surface area contributed by atoms with Crippen LogP contribution in [0.4, 0.5) is 5.69 Å². The Balaban J connectivity index is 1.10. The van der Waals surface area contributed by atoms with Gasteiger partial charge in [-0.25, -0.2) is 22.9 Å². The fourth-order valence-electron chi connectivity index (χ4n) is 4.68. The Morgan fingerprint density at radius 3 is 2.23 bits per heavy atom. The first-order chi connectivity index (χ1) is 21.1. The molecule has 1 saturated carbocycles. The van der Waals surface area contributed by atoms with Crippen LogP contribution in [0.15, 0.2) is 90.0 Å². The van der Waals surface area contributed by atoms with Gasteiger partial charge in [0.05, 0.1) is 37.9 Å². The van der Waals surface area contributed by atoms with E-state index >= 15 is 0 Å². The van der Waals surface area contributed by atoms with Gasteiger partial charge in [-0.1, -0.05) is 35.3 Å². The molecule has 1 amide bonds. The van der Waals surface area contributed by atoms with E-state index < -0.39 is 21.9 Å². The number of anilines is 1. The highest BCUT2D eigenvalue weighted by Gasteiger charge is 2.27. The van der Waals surface area contributed by atoms with Gasteiger partial charge in [0.2, 0.25) is 15.9 Å². The number of ether oxygens (including phenoxy) is 2. The number of aromatic nitrogens is 1. The molecule has 1 aliphatic rings. The van der Waals surface area contributed by atoms with Gasteiger partial charge in [0.25, 0.3) is 5.91 Å². The van der Waals surface area contributed by atoms with Gasteiger partial charge in [-0.3, -0.25) is 4.79 Å². The van der Waals surface area contributed by atoms with E-state index in [4.69, 9.17) is 32.7 Å². The molecule has 0 spiro atoms. The number of aromatic carboxylic acids is 1. The molecule has 0 atom stereocenters. The maximum Gasteiger partial charge on any atom is 0.337 e. The Morgan fingerprint density at radius 1 is 0.864 bits per heavy atom. The molecule has 0 saturated heterocycles. The summed E-state index contributed by atoms with van der Waals surface area (Å²) in [7, 11) is -3.72. The summed E-state index contributed by atoms with van der Waals surface area (Å²) in [4.78, 5) is 28.2. The highest BCUT2D eigenvalue weighted by Crippen LogP contribution is 2.29. The molecule has 0 radical (unpaired) electrons.